The topological polar surface area (TPSA) is 29.1 Å². The van der Waals surface area contributed by atoms with E-state index in [4.69, 9.17) is 0 Å². The Bertz CT molecular complexity index is 1220. The first-order valence-corrected chi connectivity index (χ1v) is 14.0. The molecule has 1 aliphatic carbocycles. The van der Waals surface area contributed by atoms with E-state index in [1.54, 1.807) is 0 Å². The summed E-state index contributed by atoms with van der Waals surface area (Å²) in [5.41, 5.74) is 7.91. The number of rotatable bonds is 6. The van der Waals surface area contributed by atoms with E-state index in [-0.39, 0.29) is 5.91 Å². The van der Waals surface area contributed by atoms with Crippen molar-refractivity contribution in [3.8, 4) is 11.1 Å². The Kier molecular flexibility index (Phi) is 7.40. The van der Waals surface area contributed by atoms with E-state index in [1.165, 1.54) is 59.1 Å². The number of carbonyl (C=O) groups is 1. The molecular formula is C31H34IN2O+. The molecule has 1 amide bonds. The van der Waals surface area contributed by atoms with Crippen molar-refractivity contribution >= 4 is 40.3 Å². The van der Waals surface area contributed by atoms with Gasteiger partial charge in [-0.2, -0.15) is 0 Å². The van der Waals surface area contributed by atoms with Crippen LogP contribution in [0.25, 0.3) is 17.2 Å². The molecule has 0 bridgehead atoms. The fraction of sp³-hybridized carbons (Fsp3) is 0.323. The molecule has 0 saturated carbocycles. The summed E-state index contributed by atoms with van der Waals surface area (Å²) < 4.78 is 1.89. The lowest BCUT2D eigenvalue weighted by atomic mass is 9.89. The monoisotopic (exact) mass is 577 g/mol. The number of benzene rings is 3. The van der Waals surface area contributed by atoms with E-state index in [1.807, 2.05) is 6.07 Å². The zero-order valence-electron chi connectivity index (χ0n) is 20.5. The van der Waals surface area contributed by atoms with Crippen LogP contribution in [0.4, 0.5) is 5.69 Å². The lowest BCUT2D eigenvalue weighted by Crippen LogP contribution is -2.53. The minimum Gasteiger partial charge on any atom is -0.322 e. The van der Waals surface area contributed by atoms with E-state index in [2.05, 4.69) is 108 Å². The minimum atomic E-state index is 0.00708. The summed E-state index contributed by atoms with van der Waals surface area (Å²) in [7, 11) is 2.41. The number of amides is 1. The second kappa shape index (κ2) is 10.7. The molecule has 2 unspecified atom stereocenters. The molecule has 1 N–H and O–H groups in total. The van der Waals surface area contributed by atoms with E-state index < -0.39 is 0 Å². The number of likely N-dealkylation sites (N-methyl/N-ethyl adjacent to an activating group) is 1. The van der Waals surface area contributed by atoms with Gasteiger partial charge in [-0.1, -0.05) is 54.6 Å². The molecule has 2 aliphatic rings. The fourth-order valence-electron chi connectivity index (χ4n) is 5.32. The van der Waals surface area contributed by atoms with E-state index in [0.29, 0.717) is 0 Å². The Morgan fingerprint density at radius 1 is 0.971 bits per heavy atom. The molecule has 0 radical (unpaired) electrons. The zero-order valence-corrected chi connectivity index (χ0v) is 22.6. The van der Waals surface area contributed by atoms with E-state index in [9.17, 15) is 4.79 Å². The fourth-order valence-corrected chi connectivity index (χ4v) is 6.31. The first kappa shape index (κ1) is 24.3. The van der Waals surface area contributed by atoms with Gasteiger partial charge in [-0.05, 0) is 100 Å². The summed E-state index contributed by atoms with van der Waals surface area (Å²) in [6.45, 7) is 2.46. The van der Waals surface area contributed by atoms with Crippen LogP contribution < -0.4 is 5.32 Å². The summed E-state index contributed by atoms with van der Waals surface area (Å²) >= 11 is 2.64. The molecule has 3 aromatic rings. The van der Waals surface area contributed by atoms with Crippen LogP contribution in [0.1, 0.15) is 42.4 Å². The lowest BCUT2D eigenvalue weighted by Gasteiger charge is -2.42. The van der Waals surface area contributed by atoms with Gasteiger partial charge in [0.25, 0.3) is 5.91 Å². The number of carbonyl (C=O) groups excluding carboxylic acids is 1. The standard InChI is InChI=1S/C31H33IN2O/c1-34(19-6-5-9-30(34)32)20-18-23-10-16-29(17-11-23)33-31(35)27-15-13-25-12-14-26(21-28(25)22-27)24-7-3-2-4-8-24/h2-4,7-8,10-12,14,16-17,21-22,30H,5-6,9,13,15,18-20H2,1H3/p+1. The van der Waals surface area contributed by atoms with Crippen LogP contribution >= 0.6 is 22.6 Å². The lowest BCUT2D eigenvalue weighted by molar-refractivity contribution is -0.919. The SMILES string of the molecule is C[N+]1(CCc2ccc(NC(=O)C3=Cc4cc(-c5ccccc5)ccc4CC3)cc2)CCCCC1I. The van der Waals surface area contributed by atoms with Gasteiger partial charge in [0.2, 0.25) is 0 Å². The summed E-state index contributed by atoms with van der Waals surface area (Å²) in [6, 6.07) is 25.4. The number of nitrogens with one attached hydrogen (secondary N) is 1. The third-order valence-electron chi connectivity index (χ3n) is 7.70. The van der Waals surface area contributed by atoms with Gasteiger partial charge in [0, 0.05) is 24.1 Å². The molecule has 3 aromatic carbocycles. The van der Waals surface area contributed by atoms with Crippen LogP contribution in [0.5, 0.6) is 0 Å². The van der Waals surface area contributed by atoms with Gasteiger partial charge < -0.3 is 9.80 Å². The molecule has 0 spiro atoms. The maximum atomic E-state index is 13.0. The highest BCUT2D eigenvalue weighted by Crippen LogP contribution is 2.30. The molecule has 1 saturated heterocycles. The summed E-state index contributed by atoms with van der Waals surface area (Å²) in [6.07, 6.45) is 8.86. The number of alkyl halides is 1. The summed E-state index contributed by atoms with van der Waals surface area (Å²) in [5.74, 6) is 0.00708. The van der Waals surface area contributed by atoms with Crippen LogP contribution in [0.15, 0.2) is 78.4 Å². The third-order valence-corrected chi connectivity index (χ3v) is 9.67. The number of quaternary nitrogens is 1. The molecule has 1 fully saturated rings. The van der Waals surface area contributed by atoms with Crippen molar-refractivity contribution in [2.24, 2.45) is 0 Å². The van der Waals surface area contributed by atoms with Gasteiger partial charge in [0.05, 0.1) is 20.1 Å². The van der Waals surface area contributed by atoms with Crippen molar-refractivity contribution in [3.63, 3.8) is 0 Å². The molecular weight excluding hydrogens is 543 g/mol. The highest BCUT2D eigenvalue weighted by molar-refractivity contribution is 14.1. The van der Waals surface area contributed by atoms with Crippen LogP contribution in [-0.4, -0.2) is 34.6 Å². The molecule has 35 heavy (non-hydrogen) atoms. The quantitative estimate of drug-likeness (QED) is 0.142. The smallest absolute Gasteiger partial charge is 0.251 e. The summed E-state index contributed by atoms with van der Waals surface area (Å²) in [5, 5.41) is 3.12. The second-order valence-electron chi connectivity index (χ2n) is 10.2. The van der Waals surface area contributed by atoms with Crippen molar-refractivity contribution in [2.45, 2.75) is 42.6 Å². The average molecular weight is 578 g/mol. The molecule has 4 heteroatoms. The van der Waals surface area contributed by atoms with E-state index in [0.717, 1.165) is 40.1 Å². The predicted molar refractivity (Wildman–Crippen MR) is 155 cm³/mol. The number of hydrogen-bond acceptors (Lipinski definition) is 1. The normalized spacial score (nSPS) is 21.7. The molecule has 5 rings (SSSR count). The van der Waals surface area contributed by atoms with Crippen LogP contribution in [0, 0.1) is 0 Å². The van der Waals surface area contributed by atoms with E-state index >= 15 is 0 Å². The van der Waals surface area contributed by atoms with Crippen molar-refractivity contribution in [3.05, 3.63) is 95.1 Å². The maximum Gasteiger partial charge on any atom is 0.251 e. The third kappa shape index (κ3) is 5.70. The first-order valence-electron chi connectivity index (χ1n) is 12.8. The van der Waals surface area contributed by atoms with Gasteiger partial charge >= 0.3 is 0 Å². The van der Waals surface area contributed by atoms with Crippen LogP contribution in [-0.2, 0) is 17.6 Å². The highest BCUT2D eigenvalue weighted by atomic mass is 127. The number of halogens is 1. The average Bonchev–Trinajstić information content (AvgIpc) is 2.90. The highest BCUT2D eigenvalue weighted by Gasteiger charge is 2.32. The Morgan fingerprint density at radius 3 is 2.54 bits per heavy atom. The maximum absolute atomic E-state index is 13.0. The number of likely N-dealkylation sites (tertiary alicyclic amines) is 1. The molecule has 180 valence electrons. The van der Waals surface area contributed by atoms with Crippen molar-refractivity contribution in [2.75, 3.05) is 25.5 Å². The molecule has 0 aromatic heterocycles. The molecule has 1 aliphatic heterocycles. The Labute approximate surface area is 223 Å². The molecule has 2 atom stereocenters. The molecule has 3 nitrogen and oxygen atoms in total. The Hall–Kier alpha value is -2.44. The predicted octanol–water partition coefficient (Wildman–Crippen LogP) is 7.26. The Morgan fingerprint density at radius 2 is 1.77 bits per heavy atom. The van der Waals surface area contributed by atoms with Gasteiger partial charge in [-0.15, -0.1) is 0 Å². The second-order valence-corrected chi connectivity index (χ2v) is 11.6. The number of anilines is 1. The van der Waals surface area contributed by atoms with Gasteiger partial charge in [-0.3, -0.25) is 4.79 Å². The number of aryl methyl sites for hydroxylation is 1. The first-order chi connectivity index (χ1) is 17.0. The van der Waals surface area contributed by atoms with Gasteiger partial charge in [-0.25, -0.2) is 0 Å². The van der Waals surface area contributed by atoms with Crippen molar-refractivity contribution in [1.29, 1.82) is 0 Å². The number of hydrogen-bond donors (Lipinski definition) is 1. The van der Waals surface area contributed by atoms with Crippen molar-refractivity contribution in [1.82, 2.24) is 0 Å². The zero-order chi connectivity index (χ0) is 24.3. The number of nitrogens with zero attached hydrogens (tertiary/aromatic N) is 1. The van der Waals surface area contributed by atoms with Crippen LogP contribution in [0.3, 0.4) is 0 Å². The number of piperidine rings is 1. The summed E-state index contributed by atoms with van der Waals surface area (Å²) in [4.78, 5) is 13.0. The Balaban J connectivity index is 1.23. The van der Waals surface area contributed by atoms with Gasteiger partial charge in [0.1, 0.15) is 4.05 Å². The van der Waals surface area contributed by atoms with Gasteiger partial charge in [0.15, 0.2) is 0 Å². The minimum absolute atomic E-state index is 0.00708. The number of fused-ring (bicyclic) bond motifs is 1. The van der Waals surface area contributed by atoms with Crippen LogP contribution in [0.2, 0.25) is 0 Å². The molecule has 1 heterocycles. The van der Waals surface area contributed by atoms with Crippen molar-refractivity contribution < 1.29 is 9.28 Å². The largest absolute Gasteiger partial charge is 0.322 e.